The van der Waals surface area contributed by atoms with Gasteiger partial charge in [-0.15, -0.1) is 0 Å². The van der Waals surface area contributed by atoms with Gasteiger partial charge in [-0.2, -0.15) is 17.5 Å². The summed E-state index contributed by atoms with van der Waals surface area (Å²) in [7, 11) is -3.85. The van der Waals surface area contributed by atoms with Crippen LogP contribution in [0.25, 0.3) is 0 Å². The fraction of sp³-hybridized carbons (Fsp3) is 0.350. The Hall–Kier alpha value is -1.81. The quantitative estimate of drug-likeness (QED) is 0.581. The SMILES string of the molecule is O=C(Nc1cc(C(F)(F)F)ccc1Cl)c1cc(S(=O)(=O)N2CCCCCC2)ccc1Cl. The van der Waals surface area contributed by atoms with Crippen molar-refractivity contribution in [3.05, 3.63) is 57.6 Å². The minimum atomic E-state index is -4.62. The van der Waals surface area contributed by atoms with Gasteiger partial charge in [-0.05, 0) is 49.2 Å². The van der Waals surface area contributed by atoms with Gasteiger partial charge in [0.25, 0.3) is 5.91 Å². The van der Waals surface area contributed by atoms with Crippen LogP contribution >= 0.6 is 23.2 Å². The van der Waals surface area contributed by atoms with Crippen LogP contribution in [0, 0.1) is 0 Å². The molecule has 0 radical (unpaired) electrons. The van der Waals surface area contributed by atoms with Crippen molar-refractivity contribution in [3.63, 3.8) is 0 Å². The lowest BCUT2D eigenvalue weighted by atomic mass is 10.1. The molecule has 1 N–H and O–H groups in total. The van der Waals surface area contributed by atoms with Crippen molar-refractivity contribution >= 4 is 44.8 Å². The lowest BCUT2D eigenvalue weighted by Crippen LogP contribution is -2.32. The Morgan fingerprint density at radius 3 is 2.16 bits per heavy atom. The van der Waals surface area contributed by atoms with Crippen LogP contribution in [0.5, 0.6) is 0 Å². The number of nitrogens with zero attached hydrogens (tertiary/aromatic N) is 1. The van der Waals surface area contributed by atoms with Crippen molar-refractivity contribution < 1.29 is 26.4 Å². The zero-order valence-electron chi connectivity index (χ0n) is 16.2. The smallest absolute Gasteiger partial charge is 0.321 e. The van der Waals surface area contributed by atoms with Gasteiger partial charge >= 0.3 is 6.18 Å². The first-order valence-electron chi connectivity index (χ1n) is 9.48. The summed E-state index contributed by atoms with van der Waals surface area (Å²) in [6, 6.07) is 6.21. The van der Waals surface area contributed by atoms with Crippen LogP contribution in [-0.4, -0.2) is 31.7 Å². The molecule has 1 fully saturated rings. The molecule has 0 atom stereocenters. The molecule has 1 heterocycles. The molecule has 0 bridgehead atoms. The largest absolute Gasteiger partial charge is 0.416 e. The van der Waals surface area contributed by atoms with Crippen LogP contribution in [0.3, 0.4) is 0 Å². The Balaban J connectivity index is 1.91. The van der Waals surface area contributed by atoms with Gasteiger partial charge in [0.05, 0.1) is 31.8 Å². The van der Waals surface area contributed by atoms with Crippen LogP contribution in [0.4, 0.5) is 18.9 Å². The van der Waals surface area contributed by atoms with Crippen molar-refractivity contribution in [2.75, 3.05) is 18.4 Å². The van der Waals surface area contributed by atoms with Crippen LogP contribution in [0.1, 0.15) is 41.6 Å². The number of hydrogen-bond donors (Lipinski definition) is 1. The number of carbonyl (C=O) groups excluding carboxylic acids is 1. The number of rotatable bonds is 4. The van der Waals surface area contributed by atoms with Gasteiger partial charge in [-0.3, -0.25) is 4.79 Å². The molecule has 1 amide bonds. The third-order valence-corrected chi connectivity index (χ3v) is 7.48. The summed E-state index contributed by atoms with van der Waals surface area (Å²) in [4.78, 5) is 12.6. The van der Waals surface area contributed by atoms with E-state index in [2.05, 4.69) is 5.32 Å². The monoisotopic (exact) mass is 494 g/mol. The van der Waals surface area contributed by atoms with Crippen molar-refractivity contribution in [1.29, 1.82) is 0 Å². The molecule has 168 valence electrons. The first-order valence-corrected chi connectivity index (χ1v) is 11.7. The first kappa shape index (κ1) is 23.8. The van der Waals surface area contributed by atoms with E-state index in [0.29, 0.717) is 19.2 Å². The normalized spacial score (nSPS) is 16.0. The topological polar surface area (TPSA) is 66.5 Å². The zero-order valence-corrected chi connectivity index (χ0v) is 18.5. The number of alkyl halides is 3. The molecule has 1 aliphatic heterocycles. The second kappa shape index (κ2) is 9.36. The van der Waals surface area contributed by atoms with Crippen molar-refractivity contribution in [3.8, 4) is 0 Å². The highest BCUT2D eigenvalue weighted by Gasteiger charge is 2.31. The van der Waals surface area contributed by atoms with E-state index >= 15 is 0 Å². The van der Waals surface area contributed by atoms with Gasteiger partial charge in [0.15, 0.2) is 0 Å². The first-order chi connectivity index (χ1) is 14.5. The lowest BCUT2D eigenvalue weighted by molar-refractivity contribution is -0.137. The fourth-order valence-corrected chi connectivity index (χ4v) is 5.17. The van der Waals surface area contributed by atoms with E-state index in [1.54, 1.807) is 0 Å². The highest BCUT2D eigenvalue weighted by atomic mass is 35.5. The van der Waals surface area contributed by atoms with Crippen LogP contribution in [0.15, 0.2) is 41.3 Å². The van der Waals surface area contributed by atoms with Crippen LogP contribution in [0.2, 0.25) is 10.0 Å². The maximum Gasteiger partial charge on any atom is 0.416 e. The third-order valence-electron chi connectivity index (χ3n) is 4.93. The Morgan fingerprint density at radius 2 is 1.55 bits per heavy atom. The summed E-state index contributed by atoms with van der Waals surface area (Å²) in [6.07, 6.45) is -1.25. The molecule has 31 heavy (non-hydrogen) atoms. The predicted molar refractivity (Wildman–Crippen MR) is 113 cm³/mol. The number of benzene rings is 2. The Kier molecular flexibility index (Phi) is 7.20. The van der Waals surface area contributed by atoms with E-state index in [-0.39, 0.29) is 26.2 Å². The van der Waals surface area contributed by atoms with Gasteiger partial charge in [0.1, 0.15) is 0 Å². The maximum absolute atomic E-state index is 13.0. The summed E-state index contributed by atoms with van der Waals surface area (Å²) >= 11 is 12.0. The average molecular weight is 495 g/mol. The van der Waals surface area contributed by atoms with Crippen molar-refractivity contribution in [1.82, 2.24) is 4.31 Å². The number of hydrogen-bond acceptors (Lipinski definition) is 3. The molecule has 3 rings (SSSR count). The summed E-state index contributed by atoms with van der Waals surface area (Å²) in [5, 5.41) is 2.13. The molecule has 0 saturated carbocycles. The van der Waals surface area contributed by atoms with Gasteiger partial charge in [0, 0.05) is 13.1 Å². The molecule has 11 heteroatoms. The number of nitrogens with one attached hydrogen (secondary N) is 1. The molecule has 0 unspecified atom stereocenters. The van der Waals surface area contributed by atoms with E-state index in [1.807, 2.05) is 0 Å². The predicted octanol–water partition coefficient (Wildman–Crippen LogP) is 5.83. The maximum atomic E-state index is 13.0. The van der Waals surface area contributed by atoms with E-state index < -0.39 is 27.7 Å². The summed E-state index contributed by atoms with van der Waals surface area (Å²) in [6.45, 7) is 0.763. The Labute approximate surface area is 188 Å². The summed E-state index contributed by atoms with van der Waals surface area (Å²) in [5.74, 6) is -0.876. The molecule has 2 aromatic carbocycles. The van der Waals surface area contributed by atoms with Gasteiger partial charge < -0.3 is 5.32 Å². The Bertz CT molecular complexity index is 1080. The molecule has 0 spiro atoms. The molecular formula is C20H19Cl2F3N2O3S. The Morgan fingerprint density at radius 1 is 0.935 bits per heavy atom. The molecule has 1 aliphatic rings. The van der Waals surface area contributed by atoms with Crippen LogP contribution in [-0.2, 0) is 16.2 Å². The second-order valence-corrected chi connectivity index (χ2v) is 9.86. The van der Waals surface area contributed by atoms with Crippen molar-refractivity contribution in [2.24, 2.45) is 0 Å². The summed E-state index contributed by atoms with van der Waals surface area (Å²) in [5.41, 5.74) is -1.44. The highest BCUT2D eigenvalue weighted by Crippen LogP contribution is 2.34. The minimum absolute atomic E-state index is 0.0459. The fourth-order valence-electron chi connectivity index (χ4n) is 3.26. The van der Waals surface area contributed by atoms with Crippen molar-refractivity contribution in [2.45, 2.75) is 36.8 Å². The zero-order chi connectivity index (χ0) is 22.8. The van der Waals surface area contributed by atoms with Crippen LogP contribution < -0.4 is 5.32 Å². The van der Waals surface area contributed by atoms with Gasteiger partial charge in [0.2, 0.25) is 10.0 Å². The average Bonchev–Trinajstić information content (AvgIpc) is 2.99. The lowest BCUT2D eigenvalue weighted by Gasteiger charge is -2.20. The molecule has 5 nitrogen and oxygen atoms in total. The molecule has 1 saturated heterocycles. The number of sulfonamides is 1. The number of amides is 1. The molecule has 0 aromatic heterocycles. The van der Waals surface area contributed by atoms with E-state index in [9.17, 15) is 26.4 Å². The highest BCUT2D eigenvalue weighted by molar-refractivity contribution is 7.89. The standard InChI is InChI=1S/C20H19Cl2F3N2O3S/c21-16-8-6-14(31(29,30)27-9-3-1-2-4-10-27)12-15(16)19(28)26-18-11-13(20(23,24)25)5-7-17(18)22/h5-8,11-12H,1-4,9-10H2,(H,26,28). The molecular weight excluding hydrogens is 476 g/mol. The van der Waals surface area contributed by atoms with E-state index in [1.165, 1.54) is 16.4 Å². The van der Waals surface area contributed by atoms with E-state index in [4.69, 9.17) is 23.2 Å². The molecule has 0 aliphatic carbocycles. The van der Waals surface area contributed by atoms with E-state index in [0.717, 1.165) is 43.9 Å². The van der Waals surface area contributed by atoms with Gasteiger partial charge in [-0.25, -0.2) is 8.42 Å². The molecule has 2 aromatic rings. The summed E-state index contributed by atoms with van der Waals surface area (Å²) < 4.78 is 66.3. The minimum Gasteiger partial charge on any atom is -0.321 e. The second-order valence-electron chi connectivity index (χ2n) is 7.11. The van der Waals surface area contributed by atoms with Gasteiger partial charge in [-0.1, -0.05) is 36.0 Å². The number of carbonyl (C=O) groups is 1. The third kappa shape index (κ3) is 5.52. The number of halogens is 5. The number of anilines is 1.